The number of piperazine rings is 1. The fourth-order valence-corrected chi connectivity index (χ4v) is 5.30. The maximum atomic E-state index is 13.5. The Morgan fingerprint density at radius 3 is 2.20 bits per heavy atom. The van der Waals surface area contributed by atoms with Crippen molar-refractivity contribution >= 4 is 34.4 Å². The SMILES string of the molecule is Cc1cc(N2CCN(c3ccc(NC(=O)C(=O)c4c(-c5ccccc5)cc5ccccn45)cc3)CC2)nc(C)n1. The van der Waals surface area contributed by atoms with Crippen LogP contribution >= 0.6 is 0 Å². The molecule has 1 aliphatic heterocycles. The number of benzene rings is 2. The van der Waals surface area contributed by atoms with E-state index in [1.54, 1.807) is 4.40 Å². The lowest BCUT2D eigenvalue weighted by Gasteiger charge is -2.37. The van der Waals surface area contributed by atoms with Crippen LogP contribution in [0.3, 0.4) is 0 Å². The number of ketones is 1. The number of nitrogens with one attached hydrogen (secondary N) is 1. The van der Waals surface area contributed by atoms with Gasteiger partial charge in [-0.1, -0.05) is 36.4 Å². The summed E-state index contributed by atoms with van der Waals surface area (Å²) in [7, 11) is 0. The topological polar surface area (TPSA) is 82.8 Å². The van der Waals surface area contributed by atoms with Crippen molar-refractivity contribution < 1.29 is 9.59 Å². The van der Waals surface area contributed by atoms with Gasteiger partial charge in [0.15, 0.2) is 0 Å². The van der Waals surface area contributed by atoms with Crippen LogP contribution in [-0.4, -0.2) is 52.2 Å². The van der Waals surface area contributed by atoms with E-state index in [0.717, 1.165) is 65.8 Å². The monoisotopic (exact) mass is 530 g/mol. The van der Waals surface area contributed by atoms with Crippen LogP contribution < -0.4 is 15.1 Å². The molecule has 1 saturated heterocycles. The Bertz CT molecular complexity index is 1670. The number of carbonyl (C=O) groups is 2. The summed E-state index contributed by atoms with van der Waals surface area (Å²) < 4.78 is 1.77. The molecule has 6 rings (SSSR count). The molecule has 8 heteroatoms. The predicted octanol–water partition coefficient (Wildman–Crippen LogP) is 5.16. The van der Waals surface area contributed by atoms with Gasteiger partial charge in [0.2, 0.25) is 0 Å². The second kappa shape index (κ2) is 10.6. The van der Waals surface area contributed by atoms with Gasteiger partial charge < -0.3 is 19.5 Å². The van der Waals surface area contributed by atoms with Crippen molar-refractivity contribution in [2.24, 2.45) is 0 Å². The summed E-state index contributed by atoms with van der Waals surface area (Å²) in [4.78, 5) is 40.2. The first kappa shape index (κ1) is 25.3. The van der Waals surface area contributed by atoms with Crippen molar-refractivity contribution in [1.82, 2.24) is 14.4 Å². The number of nitrogens with zero attached hydrogens (tertiary/aromatic N) is 5. The molecule has 0 radical (unpaired) electrons. The third-order valence-electron chi connectivity index (χ3n) is 7.23. The molecular weight excluding hydrogens is 500 g/mol. The van der Waals surface area contributed by atoms with Crippen LogP contribution in [0.25, 0.3) is 16.6 Å². The van der Waals surface area contributed by atoms with Crippen molar-refractivity contribution in [3.63, 3.8) is 0 Å². The molecule has 0 spiro atoms. The van der Waals surface area contributed by atoms with E-state index in [1.165, 1.54) is 0 Å². The van der Waals surface area contributed by atoms with E-state index in [0.29, 0.717) is 11.4 Å². The standard InChI is InChI=1S/C32H30N6O2/c1-22-20-29(34-23(2)33-22)37-18-16-36(17-19-37)26-13-11-25(12-14-26)35-32(40)31(39)30-28(24-8-4-3-5-9-24)21-27-10-6-7-15-38(27)30/h3-15,20-21H,16-19H2,1-2H3,(H,35,40). The predicted molar refractivity (Wildman–Crippen MR) is 158 cm³/mol. The van der Waals surface area contributed by atoms with Crippen LogP contribution in [0.1, 0.15) is 22.0 Å². The van der Waals surface area contributed by atoms with Gasteiger partial charge in [-0.05, 0) is 61.9 Å². The first-order valence-electron chi connectivity index (χ1n) is 13.4. The largest absolute Gasteiger partial charge is 0.368 e. The summed E-state index contributed by atoms with van der Waals surface area (Å²) in [5.41, 5.74) is 5.44. The zero-order valence-corrected chi connectivity index (χ0v) is 22.5. The third kappa shape index (κ3) is 5.03. The van der Waals surface area contributed by atoms with E-state index < -0.39 is 11.7 Å². The third-order valence-corrected chi connectivity index (χ3v) is 7.23. The highest BCUT2D eigenvalue weighted by Gasteiger charge is 2.25. The van der Waals surface area contributed by atoms with Gasteiger partial charge in [-0.2, -0.15) is 0 Å². The molecular formula is C32H30N6O2. The highest BCUT2D eigenvalue weighted by molar-refractivity contribution is 6.47. The second-order valence-electron chi connectivity index (χ2n) is 9.99. The Kier molecular flexibility index (Phi) is 6.74. The molecule has 0 saturated carbocycles. The summed E-state index contributed by atoms with van der Waals surface area (Å²) in [5, 5.41) is 2.80. The fraction of sp³-hybridized carbons (Fsp3) is 0.188. The maximum Gasteiger partial charge on any atom is 0.298 e. The number of carbonyl (C=O) groups excluding carboxylic acids is 2. The van der Waals surface area contributed by atoms with Crippen LogP contribution in [0.5, 0.6) is 0 Å². The Balaban J connectivity index is 1.14. The van der Waals surface area contributed by atoms with Crippen LogP contribution in [0, 0.1) is 13.8 Å². The van der Waals surface area contributed by atoms with Gasteiger partial charge in [-0.15, -0.1) is 0 Å². The van der Waals surface area contributed by atoms with Crippen molar-refractivity contribution in [2.45, 2.75) is 13.8 Å². The number of rotatable bonds is 6. The number of pyridine rings is 1. The highest BCUT2D eigenvalue weighted by atomic mass is 16.2. The van der Waals surface area contributed by atoms with Gasteiger partial charge in [0.1, 0.15) is 17.3 Å². The Morgan fingerprint density at radius 2 is 1.48 bits per heavy atom. The van der Waals surface area contributed by atoms with Gasteiger partial charge in [-0.25, -0.2) is 9.97 Å². The van der Waals surface area contributed by atoms with E-state index in [2.05, 4.69) is 25.1 Å². The number of hydrogen-bond acceptors (Lipinski definition) is 6. The number of anilines is 3. The van der Waals surface area contributed by atoms with Gasteiger partial charge in [0, 0.05) is 66.6 Å². The molecule has 2 aromatic carbocycles. The quantitative estimate of drug-likeness (QED) is 0.241. The van der Waals surface area contributed by atoms with E-state index in [-0.39, 0.29) is 0 Å². The summed E-state index contributed by atoms with van der Waals surface area (Å²) in [6.07, 6.45) is 1.81. The minimum atomic E-state index is -0.669. The molecule has 1 N–H and O–H groups in total. The summed E-state index contributed by atoms with van der Waals surface area (Å²) >= 11 is 0. The number of Topliss-reactive ketones (excluding diaryl/α,β-unsaturated/α-hetero) is 1. The number of amides is 1. The van der Waals surface area contributed by atoms with Crippen LogP contribution in [0.2, 0.25) is 0 Å². The van der Waals surface area contributed by atoms with Crippen molar-refractivity contribution in [3.8, 4) is 11.1 Å². The lowest BCUT2D eigenvalue weighted by atomic mass is 10.0. The Morgan fingerprint density at radius 1 is 0.775 bits per heavy atom. The average Bonchev–Trinajstić information content (AvgIpc) is 3.37. The molecule has 3 aromatic heterocycles. The van der Waals surface area contributed by atoms with Gasteiger partial charge >= 0.3 is 0 Å². The van der Waals surface area contributed by atoms with Gasteiger partial charge in [0.05, 0.1) is 0 Å². The summed E-state index contributed by atoms with van der Waals surface area (Å²) in [6.45, 7) is 7.34. The molecule has 4 heterocycles. The van der Waals surface area contributed by atoms with Gasteiger partial charge in [-0.3, -0.25) is 9.59 Å². The molecule has 8 nitrogen and oxygen atoms in total. The molecule has 0 unspecified atom stereocenters. The first-order valence-corrected chi connectivity index (χ1v) is 13.4. The number of aryl methyl sites for hydroxylation is 2. The lowest BCUT2D eigenvalue weighted by molar-refractivity contribution is -0.112. The van der Waals surface area contributed by atoms with E-state index >= 15 is 0 Å². The Labute approximate surface area is 232 Å². The van der Waals surface area contributed by atoms with Crippen LogP contribution in [0.4, 0.5) is 17.2 Å². The normalized spacial score (nSPS) is 13.4. The van der Waals surface area contributed by atoms with Crippen LogP contribution in [-0.2, 0) is 4.79 Å². The van der Waals surface area contributed by atoms with E-state index in [1.807, 2.05) is 105 Å². The first-order chi connectivity index (χ1) is 19.5. The molecule has 1 fully saturated rings. The lowest BCUT2D eigenvalue weighted by Crippen LogP contribution is -2.46. The van der Waals surface area contributed by atoms with E-state index in [9.17, 15) is 9.59 Å². The molecule has 40 heavy (non-hydrogen) atoms. The molecule has 0 bridgehead atoms. The second-order valence-corrected chi connectivity index (χ2v) is 9.99. The Hall–Kier alpha value is -4.98. The molecule has 0 atom stereocenters. The van der Waals surface area contributed by atoms with Crippen molar-refractivity contribution in [2.75, 3.05) is 41.3 Å². The van der Waals surface area contributed by atoms with Crippen molar-refractivity contribution in [3.05, 3.63) is 108 Å². The number of hydrogen-bond donors (Lipinski definition) is 1. The molecule has 1 amide bonds. The summed E-state index contributed by atoms with van der Waals surface area (Å²) in [6, 6.07) is 27.0. The molecule has 5 aromatic rings. The van der Waals surface area contributed by atoms with Gasteiger partial charge in [0.25, 0.3) is 11.7 Å². The molecule has 0 aliphatic carbocycles. The summed E-state index contributed by atoms with van der Waals surface area (Å²) in [5.74, 6) is 0.506. The zero-order valence-electron chi connectivity index (χ0n) is 22.5. The smallest absolute Gasteiger partial charge is 0.298 e. The highest BCUT2D eigenvalue weighted by Crippen LogP contribution is 2.29. The maximum absolute atomic E-state index is 13.5. The molecule has 1 aliphatic rings. The van der Waals surface area contributed by atoms with Crippen LogP contribution in [0.15, 0.2) is 91.1 Å². The fourth-order valence-electron chi connectivity index (χ4n) is 5.30. The average molecular weight is 531 g/mol. The number of aromatic nitrogens is 3. The minimum absolute atomic E-state index is 0.350. The number of fused-ring (bicyclic) bond motifs is 1. The van der Waals surface area contributed by atoms with Crippen molar-refractivity contribution in [1.29, 1.82) is 0 Å². The zero-order chi connectivity index (χ0) is 27.6. The molecule has 200 valence electrons. The van der Waals surface area contributed by atoms with E-state index in [4.69, 9.17) is 0 Å². The minimum Gasteiger partial charge on any atom is -0.368 e.